The van der Waals surface area contributed by atoms with E-state index in [9.17, 15) is 8.42 Å². The van der Waals surface area contributed by atoms with Crippen molar-refractivity contribution in [2.45, 2.75) is 30.3 Å². The second-order valence-corrected chi connectivity index (χ2v) is 6.10. The summed E-state index contributed by atoms with van der Waals surface area (Å²) in [4.78, 5) is 7.83. The van der Waals surface area contributed by atoms with Gasteiger partial charge in [-0.05, 0) is 19.3 Å². The first kappa shape index (κ1) is 14.2. The maximum atomic E-state index is 12.0. The first-order valence-corrected chi connectivity index (χ1v) is 7.71. The van der Waals surface area contributed by atoms with Crippen LogP contribution in [-0.4, -0.2) is 44.7 Å². The summed E-state index contributed by atoms with van der Waals surface area (Å²) in [6.45, 7) is 0.989. The topological polar surface area (TPSA) is 93.2 Å². The summed E-state index contributed by atoms with van der Waals surface area (Å²) >= 11 is 0. The van der Waals surface area contributed by atoms with Crippen molar-refractivity contribution < 1.29 is 13.2 Å². The predicted molar refractivity (Wildman–Crippen MR) is 70.4 cm³/mol. The molecule has 2 heterocycles. The van der Waals surface area contributed by atoms with Crippen LogP contribution in [0.1, 0.15) is 19.3 Å². The van der Waals surface area contributed by atoms with E-state index in [1.165, 1.54) is 12.4 Å². The van der Waals surface area contributed by atoms with E-state index >= 15 is 0 Å². The SMILES string of the molecule is CNc1ncc(S(=O)(=O)NCC2CCCCO2)cn1. The lowest BCUT2D eigenvalue weighted by molar-refractivity contribution is 0.0200. The second-order valence-electron chi connectivity index (χ2n) is 4.33. The van der Waals surface area contributed by atoms with Crippen LogP contribution in [0, 0.1) is 0 Å². The quantitative estimate of drug-likeness (QED) is 0.812. The first-order valence-electron chi connectivity index (χ1n) is 6.23. The Morgan fingerprint density at radius 1 is 1.37 bits per heavy atom. The number of rotatable bonds is 5. The van der Waals surface area contributed by atoms with Gasteiger partial charge in [-0.3, -0.25) is 0 Å². The van der Waals surface area contributed by atoms with Crippen molar-refractivity contribution in [2.24, 2.45) is 0 Å². The number of sulfonamides is 1. The van der Waals surface area contributed by atoms with Crippen molar-refractivity contribution >= 4 is 16.0 Å². The Kier molecular flexibility index (Phi) is 4.67. The third-order valence-electron chi connectivity index (χ3n) is 2.94. The number of hydrogen-bond acceptors (Lipinski definition) is 6. The van der Waals surface area contributed by atoms with Crippen molar-refractivity contribution in [1.82, 2.24) is 14.7 Å². The molecule has 7 nitrogen and oxygen atoms in total. The Labute approximate surface area is 112 Å². The highest BCUT2D eigenvalue weighted by Crippen LogP contribution is 2.13. The summed E-state index contributed by atoms with van der Waals surface area (Å²) in [7, 11) is -1.90. The Morgan fingerprint density at radius 3 is 2.68 bits per heavy atom. The van der Waals surface area contributed by atoms with Crippen LogP contribution in [0.5, 0.6) is 0 Å². The van der Waals surface area contributed by atoms with Gasteiger partial charge in [0.15, 0.2) is 0 Å². The zero-order chi connectivity index (χ0) is 13.7. The normalized spacial score (nSPS) is 20.2. The van der Waals surface area contributed by atoms with Crippen molar-refractivity contribution in [3.63, 3.8) is 0 Å². The maximum Gasteiger partial charge on any atom is 0.243 e. The van der Waals surface area contributed by atoms with Gasteiger partial charge < -0.3 is 10.1 Å². The average Bonchev–Trinajstić information content (AvgIpc) is 2.46. The Morgan fingerprint density at radius 2 is 2.11 bits per heavy atom. The minimum Gasteiger partial charge on any atom is -0.377 e. The molecule has 1 fully saturated rings. The van der Waals surface area contributed by atoms with Crippen LogP contribution in [0.3, 0.4) is 0 Å². The van der Waals surface area contributed by atoms with E-state index in [1.54, 1.807) is 7.05 Å². The summed E-state index contributed by atoms with van der Waals surface area (Å²) < 4.78 is 32.0. The van der Waals surface area contributed by atoms with Crippen LogP contribution in [0.4, 0.5) is 5.95 Å². The number of aromatic nitrogens is 2. The highest BCUT2D eigenvalue weighted by molar-refractivity contribution is 7.89. The van der Waals surface area contributed by atoms with E-state index < -0.39 is 10.0 Å². The van der Waals surface area contributed by atoms with Gasteiger partial charge in [-0.2, -0.15) is 0 Å². The number of nitrogens with one attached hydrogen (secondary N) is 2. The molecule has 0 radical (unpaired) electrons. The van der Waals surface area contributed by atoms with Gasteiger partial charge in [0.05, 0.1) is 18.5 Å². The molecular weight excluding hydrogens is 268 g/mol. The Bertz CT molecular complexity index is 497. The summed E-state index contributed by atoms with van der Waals surface area (Å²) in [5.74, 6) is 0.384. The van der Waals surface area contributed by atoms with Crippen LogP contribution < -0.4 is 10.0 Å². The molecule has 0 amide bonds. The van der Waals surface area contributed by atoms with Crippen LogP contribution in [0.25, 0.3) is 0 Å². The fraction of sp³-hybridized carbons (Fsp3) is 0.636. The van der Waals surface area contributed by atoms with Gasteiger partial charge in [0, 0.05) is 20.2 Å². The van der Waals surface area contributed by atoms with Crippen molar-refractivity contribution in [2.75, 3.05) is 25.5 Å². The lowest BCUT2D eigenvalue weighted by Gasteiger charge is -2.22. The van der Waals surface area contributed by atoms with Gasteiger partial charge in [0.2, 0.25) is 16.0 Å². The van der Waals surface area contributed by atoms with Crippen LogP contribution >= 0.6 is 0 Å². The molecule has 1 aromatic heterocycles. The molecule has 2 N–H and O–H groups in total. The monoisotopic (exact) mass is 286 g/mol. The second kappa shape index (κ2) is 6.27. The molecule has 8 heteroatoms. The molecule has 2 rings (SSSR count). The highest BCUT2D eigenvalue weighted by atomic mass is 32.2. The molecule has 0 spiro atoms. The number of ether oxygens (including phenoxy) is 1. The van der Waals surface area contributed by atoms with Gasteiger partial charge in [-0.15, -0.1) is 0 Å². The molecule has 1 atom stereocenters. The van der Waals surface area contributed by atoms with Crippen LogP contribution in [0.15, 0.2) is 17.3 Å². The molecule has 0 saturated carbocycles. The van der Waals surface area contributed by atoms with Gasteiger partial charge >= 0.3 is 0 Å². The minimum absolute atomic E-state index is 0.0407. The fourth-order valence-corrected chi connectivity index (χ4v) is 2.79. The number of hydrogen-bond donors (Lipinski definition) is 2. The maximum absolute atomic E-state index is 12.0. The standard InChI is InChI=1S/C11H18N4O3S/c1-12-11-13-7-10(8-14-11)19(16,17)15-6-9-4-2-3-5-18-9/h7-9,15H,2-6H2,1H3,(H,12,13,14). The van der Waals surface area contributed by atoms with Crippen LogP contribution in [0.2, 0.25) is 0 Å². The molecule has 0 bridgehead atoms. The van der Waals surface area contributed by atoms with Crippen molar-refractivity contribution in [3.8, 4) is 0 Å². The van der Waals surface area contributed by atoms with E-state index in [4.69, 9.17) is 4.74 Å². The minimum atomic E-state index is -3.57. The third-order valence-corrected chi connectivity index (χ3v) is 4.32. The number of anilines is 1. The lowest BCUT2D eigenvalue weighted by atomic mass is 10.1. The molecule has 106 valence electrons. The van der Waals surface area contributed by atoms with E-state index in [2.05, 4.69) is 20.0 Å². The molecule has 1 unspecified atom stereocenters. The fourth-order valence-electron chi connectivity index (χ4n) is 1.84. The molecule has 19 heavy (non-hydrogen) atoms. The third kappa shape index (κ3) is 3.85. The molecule has 0 aliphatic carbocycles. The van der Waals surface area contributed by atoms with Crippen molar-refractivity contribution in [3.05, 3.63) is 12.4 Å². The van der Waals surface area contributed by atoms with Crippen LogP contribution in [-0.2, 0) is 14.8 Å². The first-order chi connectivity index (χ1) is 9.12. The molecule has 1 aliphatic rings. The van der Waals surface area contributed by atoms with Crippen molar-refractivity contribution in [1.29, 1.82) is 0 Å². The summed E-state index contributed by atoms with van der Waals surface area (Å²) in [5.41, 5.74) is 0. The van der Waals surface area contributed by atoms with Gasteiger partial charge in [-0.1, -0.05) is 0 Å². The smallest absolute Gasteiger partial charge is 0.243 e. The Balaban J connectivity index is 1.96. The average molecular weight is 286 g/mol. The zero-order valence-corrected chi connectivity index (χ0v) is 11.6. The summed E-state index contributed by atoms with van der Waals surface area (Å²) in [6.07, 6.45) is 5.53. The molecular formula is C11H18N4O3S. The van der Waals surface area contributed by atoms with E-state index in [0.717, 1.165) is 19.3 Å². The van der Waals surface area contributed by atoms with E-state index in [-0.39, 0.29) is 17.5 Å². The largest absolute Gasteiger partial charge is 0.377 e. The highest BCUT2D eigenvalue weighted by Gasteiger charge is 2.19. The van der Waals surface area contributed by atoms with E-state index in [0.29, 0.717) is 12.6 Å². The molecule has 1 saturated heterocycles. The summed E-state index contributed by atoms with van der Waals surface area (Å²) in [6, 6.07) is 0. The molecule has 1 aliphatic heterocycles. The zero-order valence-electron chi connectivity index (χ0n) is 10.8. The lowest BCUT2D eigenvalue weighted by Crippen LogP contribution is -2.35. The molecule has 0 aromatic carbocycles. The Hall–Kier alpha value is -1.25. The van der Waals surface area contributed by atoms with Gasteiger partial charge in [-0.25, -0.2) is 23.1 Å². The molecule has 1 aromatic rings. The van der Waals surface area contributed by atoms with Gasteiger partial charge in [0.25, 0.3) is 0 Å². The predicted octanol–water partition coefficient (Wildman–Crippen LogP) is 0.366. The van der Waals surface area contributed by atoms with E-state index in [1.807, 2.05) is 0 Å². The summed E-state index contributed by atoms with van der Waals surface area (Å²) in [5, 5.41) is 2.73. The van der Waals surface area contributed by atoms with Gasteiger partial charge in [0.1, 0.15) is 4.90 Å². The number of nitrogens with zero attached hydrogens (tertiary/aromatic N) is 2.